The number of benzene rings is 1. The molecule has 2 rings (SSSR count). The molecule has 2 aromatic rings. The van der Waals surface area contributed by atoms with E-state index in [-0.39, 0.29) is 6.61 Å². The van der Waals surface area contributed by atoms with Gasteiger partial charge in [0.15, 0.2) is 0 Å². The number of aromatic nitrogens is 1. The van der Waals surface area contributed by atoms with Crippen molar-refractivity contribution >= 4 is 39.0 Å². The molecular formula is C11H14N2O2S2. The standard InChI is InChI=1S/C11H14N2O2S2/c1-6-13-9-3-10(16-5-7(15)4-14)8(12)2-11(9)17-6/h2-3,7,14-15H,4-5,12H2,1H3. The third kappa shape index (κ3) is 2.90. The SMILES string of the molecule is Cc1nc2cc(SCC(O)CO)c(N)cc2s1. The second-order valence-electron chi connectivity index (χ2n) is 3.74. The van der Waals surface area contributed by atoms with E-state index in [1.807, 2.05) is 19.1 Å². The van der Waals surface area contributed by atoms with Gasteiger partial charge in [0.1, 0.15) is 0 Å². The Labute approximate surface area is 107 Å². The summed E-state index contributed by atoms with van der Waals surface area (Å²) in [5, 5.41) is 19.1. The van der Waals surface area contributed by atoms with Crippen LogP contribution in [-0.2, 0) is 0 Å². The number of nitrogens with zero attached hydrogens (tertiary/aromatic N) is 1. The van der Waals surface area contributed by atoms with Gasteiger partial charge in [-0.05, 0) is 19.1 Å². The van der Waals surface area contributed by atoms with Crippen molar-refractivity contribution in [1.82, 2.24) is 4.98 Å². The Kier molecular flexibility index (Phi) is 3.88. The van der Waals surface area contributed by atoms with Gasteiger partial charge in [-0.1, -0.05) is 0 Å². The van der Waals surface area contributed by atoms with Gasteiger partial charge < -0.3 is 15.9 Å². The van der Waals surface area contributed by atoms with Crippen molar-refractivity contribution in [2.45, 2.75) is 17.9 Å². The lowest BCUT2D eigenvalue weighted by Gasteiger charge is -2.08. The number of thiazole rings is 1. The first kappa shape index (κ1) is 12.6. The summed E-state index contributed by atoms with van der Waals surface area (Å²) in [6, 6.07) is 3.84. The van der Waals surface area contributed by atoms with Gasteiger partial charge in [0, 0.05) is 16.3 Å². The van der Waals surface area contributed by atoms with E-state index in [2.05, 4.69) is 4.98 Å². The van der Waals surface area contributed by atoms with Gasteiger partial charge in [0.05, 0.1) is 27.9 Å². The minimum absolute atomic E-state index is 0.231. The molecule has 17 heavy (non-hydrogen) atoms. The van der Waals surface area contributed by atoms with Gasteiger partial charge in [-0.3, -0.25) is 0 Å². The average molecular weight is 270 g/mol. The van der Waals surface area contributed by atoms with Crippen LogP contribution in [0.4, 0.5) is 5.69 Å². The number of thioether (sulfide) groups is 1. The number of hydrogen-bond acceptors (Lipinski definition) is 6. The fourth-order valence-electron chi connectivity index (χ4n) is 1.45. The van der Waals surface area contributed by atoms with Gasteiger partial charge in [-0.25, -0.2) is 4.98 Å². The third-order valence-corrected chi connectivity index (χ3v) is 4.42. The summed E-state index contributed by atoms with van der Waals surface area (Å²) in [5.74, 6) is 0.426. The van der Waals surface area contributed by atoms with Crippen molar-refractivity contribution in [2.24, 2.45) is 0 Å². The first-order valence-corrected chi connectivity index (χ1v) is 6.98. The maximum atomic E-state index is 9.30. The summed E-state index contributed by atoms with van der Waals surface area (Å²) in [5.41, 5.74) is 7.56. The summed E-state index contributed by atoms with van der Waals surface area (Å²) in [6.07, 6.45) is -0.715. The van der Waals surface area contributed by atoms with Crippen LogP contribution in [0.3, 0.4) is 0 Å². The second kappa shape index (κ2) is 5.22. The van der Waals surface area contributed by atoms with Gasteiger partial charge in [-0.2, -0.15) is 0 Å². The molecule has 1 aromatic heterocycles. The minimum Gasteiger partial charge on any atom is -0.398 e. The van der Waals surface area contributed by atoms with Crippen LogP contribution in [0.15, 0.2) is 17.0 Å². The van der Waals surface area contributed by atoms with Crippen molar-refractivity contribution in [3.63, 3.8) is 0 Å². The Balaban J connectivity index is 2.24. The molecule has 92 valence electrons. The van der Waals surface area contributed by atoms with Crippen molar-refractivity contribution in [3.05, 3.63) is 17.1 Å². The van der Waals surface area contributed by atoms with E-state index in [0.29, 0.717) is 11.4 Å². The molecule has 0 radical (unpaired) electrons. The summed E-state index contributed by atoms with van der Waals surface area (Å²) >= 11 is 3.05. The number of anilines is 1. The Hall–Kier alpha value is -0.820. The highest BCUT2D eigenvalue weighted by atomic mass is 32.2. The van der Waals surface area contributed by atoms with Crippen LogP contribution in [0, 0.1) is 6.92 Å². The Bertz CT molecular complexity index is 527. The lowest BCUT2D eigenvalue weighted by molar-refractivity contribution is 0.113. The number of nitrogen functional groups attached to an aromatic ring is 1. The van der Waals surface area contributed by atoms with Crippen LogP contribution >= 0.6 is 23.1 Å². The van der Waals surface area contributed by atoms with Crippen molar-refractivity contribution in [2.75, 3.05) is 18.1 Å². The van der Waals surface area contributed by atoms with Gasteiger partial charge in [0.25, 0.3) is 0 Å². The molecule has 0 aliphatic rings. The Morgan fingerprint density at radius 3 is 3.00 bits per heavy atom. The van der Waals surface area contributed by atoms with E-state index in [9.17, 15) is 5.11 Å². The number of aryl methyl sites for hydroxylation is 1. The van der Waals surface area contributed by atoms with Crippen molar-refractivity contribution < 1.29 is 10.2 Å². The number of aliphatic hydroxyl groups is 2. The van der Waals surface area contributed by atoms with Crippen LogP contribution < -0.4 is 5.73 Å². The number of nitrogens with two attached hydrogens (primary N) is 1. The number of rotatable bonds is 4. The summed E-state index contributed by atoms with van der Waals surface area (Å²) in [4.78, 5) is 5.30. The fourth-order valence-corrected chi connectivity index (χ4v) is 3.20. The zero-order chi connectivity index (χ0) is 12.4. The van der Waals surface area contributed by atoms with E-state index in [4.69, 9.17) is 10.8 Å². The molecule has 0 spiro atoms. The molecule has 1 atom stereocenters. The smallest absolute Gasteiger partial charge is 0.0907 e. The van der Waals surface area contributed by atoms with Gasteiger partial charge in [-0.15, -0.1) is 23.1 Å². The van der Waals surface area contributed by atoms with Crippen molar-refractivity contribution in [3.8, 4) is 0 Å². The third-order valence-electron chi connectivity index (χ3n) is 2.27. The first-order chi connectivity index (χ1) is 8.10. The van der Waals surface area contributed by atoms with E-state index in [1.165, 1.54) is 11.8 Å². The highest BCUT2D eigenvalue weighted by Gasteiger charge is 2.09. The molecule has 0 bridgehead atoms. The molecule has 4 N–H and O–H groups in total. The molecule has 1 aromatic carbocycles. The van der Waals surface area contributed by atoms with Gasteiger partial charge >= 0.3 is 0 Å². The lowest BCUT2D eigenvalue weighted by Crippen LogP contribution is -2.14. The molecule has 0 aliphatic carbocycles. The maximum absolute atomic E-state index is 9.30. The predicted octanol–water partition coefficient (Wildman–Crippen LogP) is 1.63. The zero-order valence-electron chi connectivity index (χ0n) is 9.38. The molecule has 0 saturated carbocycles. The van der Waals surface area contributed by atoms with Crippen LogP contribution in [0.2, 0.25) is 0 Å². The number of hydrogen-bond donors (Lipinski definition) is 3. The first-order valence-electron chi connectivity index (χ1n) is 5.18. The summed E-state index contributed by atoms with van der Waals surface area (Å²) in [6.45, 7) is 1.73. The summed E-state index contributed by atoms with van der Waals surface area (Å²) in [7, 11) is 0. The largest absolute Gasteiger partial charge is 0.398 e. The van der Waals surface area contributed by atoms with Gasteiger partial charge in [0.2, 0.25) is 0 Å². The Morgan fingerprint density at radius 2 is 2.29 bits per heavy atom. The van der Waals surface area contributed by atoms with Crippen LogP contribution in [0.1, 0.15) is 5.01 Å². The number of aliphatic hydroxyl groups excluding tert-OH is 2. The quantitative estimate of drug-likeness (QED) is 0.581. The molecule has 1 unspecified atom stereocenters. The predicted molar refractivity (Wildman–Crippen MR) is 72.6 cm³/mol. The second-order valence-corrected chi connectivity index (χ2v) is 6.03. The molecular weight excluding hydrogens is 256 g/mol. The van der Waals surface area contributed by atoms with Crippen LogP contribution in [0.25, 0.3) is 10.2 Å². The fraction of sp³-hybridized carbons (Fsp3) is 0.364. The molecule has 4 nitrogen and oxygen atoms in total. The molecule has 0 fully saturated rings. The average Bonchev–Trinajstić information content (AvgIpc) is 2.64. The molecule has 0 saturated heterocycles. The molecule has 1 heterocycles. The topological polar surface area (TPSA) is 79.4 Å². The van der Waals surface area contributed by atoms with Crippen molar-refractivity contribution in [1.29, 1.82) is 0 Å². The monoisotopic (exact) mass is 270 g/mol. The number of fused-ring (bicyclic) bond motifs is 1. The molecule has 6 heteroatoms. The lowest BCUT2D eigenvalue weighted by atomic mass is 10.3. The van der Waals surface area contributed by atoms with Crippen LogP contribution in [0.5, 0.6) is 0 Å². The molecule has 0 amide bonds. The van der Waals surface area contributed by atoms with E-state index < -0.39 is 6.10 Å². The maximum Gasteiger partial charge on any atom is 0.0907 e. The molecule has 0 aliphatic heterocycles. The Morgan fingerprint density at radius 1 is 1.53 bits per heavy atom. The summed E-state index contributed by atoms with van der Waals surface area (Å²) < 4.78 is 1.08. The van der Waals surface area contributed by atoms with E-state index in [1.54, 1.807) is 11.3 Å². The van der Waals surface area contributed by atoms with Crippen LogP contribution in [-0.4, -0.2) is 33.7 Å². The highest BCUT2D eigenvalue weighted by Crippen LogP contribution is 2.32. The normalized spacial score (nSPS) is 13.1. The highest BCUT2D eigenvalue weighted by molar-refractivity contribution is 7.99. The zero-order valence-corrected chi connectivity index (χ0v) is 11.0. The van der Waals surface area contributed by atoms with E-state index >= 15 is 0 Å². The van der Waals surface area contributed by atoms with E-state index in [0.717, 1.165) is 20.1 Å². The minimum atomic E-state index is -0.715.